The quantitative estimate of drug-likeness (QED) is 0.329. The highest BCUT2D eigenvalue weighted by Gasteiger charge is 2.39. The third-order valence-corrected chi connectivity index (χ3v) is 6.38. The Balaban J connectivity index is 2.12. The number of nitrogens with one attached hydrogen (secondary N) is 1. The van der Waals surface area contributed by atoms with E-state index in [1.54, 1.807) is 0 Å². The lowest BCUT2D eigenvalue weighted by atomic mass is 10.1. The van der Waals surface area contributed by atoms with Crippen LogP contribution in [0.15, 0.2) is 30.3 Å². The lowest BCUT2D eigenvalue weighted by molar-refractivity contribution is -0.189. The Kier molecular flexibility index (Phi) is 8.00. The Morgan fingerprint density at radius 1 is 1.23 bits per heavy atom. The number of nitrogens with zero attached hydrogens (tertiary/aromatic N) is 1. The van der Waals surface area contributed by atoms with Crippen LogP contribution >= 0.6 is 22.9 Å². The molecule has 0 aliphatic rings. The van der Waals surface area contributed by atoms with E-state index in [0.29, 0.717) is 13.0 Å². The molecule has 0 saturated carbocycles. The molecule has 2 atom stereocenters. The fraction of sp³-hybridized carbons (Fsp3) is 0.273. The van der Waals surface area contributed by atoms with Gasteiger partial charge in [-0.2, -0.15) is 13.2 Å². The molecule has 3 N–H and O–H groups in total. The van der Waals surface area contributed by atoms with Crippen LogP contribution in [0.4, 0.5) is 27.6 Å². The van der Waals surface area contributed by atoms with Crippen molar-refractivity contribution in [2.24, 2.45) is 0 Å². The van der Waals surface area contributed by atoms with Crippen molar-refractivity contribution in [1.29, 1.82) is 0 Å². The standard InChI is InChI=1S/C22H18ClF5N2O4S/c1-9(32)19-16(8-31)29-21(35-19)11-7-17(34-10(2)22(26,27)28)12(6-15(11)25)20(33)30-18-13(23)4-3-5-14(18)24/h3-7,9-10,31-32H,8H2,1-2H3,(H,30,33). The Bertz CT molecular complexity index is 1230. The predicted octanol–water partition coefficient (Wildman–Crippen LogP) is 5.87. The van der Waals surface area contributed by atoms with Gasteiger partial charge in [0.15, 0.2) is 6.10 Å². The maximum absolute atomic E-state index is 15.1. The van der Waals surface area contributed by atoms with Crippen LogP contribution in [0.5, 0.6) is 5.75 Å². The number of carbonyl (C=O) groups excluding carboxylic acids is 1. The topological polar surface area (TPSA) is 91.7 Å². The van der Waals surface area contributed by atoms with Gasteiger partial charge in [-0.15, -0.1) is 11.3 Å². The number of para-hydroxylation sites is 1. The molecule has 2 unspecified atom stereocenters. The minimum Gasteiger partial charge on any atom is -0.480 e. The second-order valence-electron chi connectivity index (χ2n) is 7.34. The minimum atomic E-state index is -4.82. The lowest BCUT2D eigenvalue weighted by Crippen LogP contribution is -2.32. The number of hydrogen-bond acceptors (Lipinski definition) is 6. The van der Waals surface area contributed by atoms with E-state index in [1.807, 2.05) is 0 Å². The number of ether oxygens (including phenoxy) is 1. The van der Waals surface area contributed by atoms with E-state index in [-0.39, 0.29) is 26.2 Å². The normalized spacial score (nSPS) is 13.4. The van der Waals surface area contributed by atoms with Gasteiger partial charge in [-0.3, -0.25) is 4.79 Å². The number of alkyl halides is 3. The van der Waals surface area contributed by atoms with Crippen LogP contribution in [0.1, 0.15) is 40.9 Å². The van der Waals surface area contributed by atoms with Crippen LogP contribution in [-0.2, 0) is 6.61 Å². The molecule has 1 heterocycles. The molecule has 0 bridgehead atoms. The van der Waals surface area contributed by atoms with E-state index in [2.05, 4.69) is 10.3 Å². The number of benzene rings is 2. The van der Waals surface area contributed by atoms with Gasteiger partial charge in [-0.05, 0) is 38.1 Å². The minimum absolute atomic E-state index is 0.0570. The summed E-state index contributed by atoms with van der Waals surface area (Å²) in [5, 5.41) is 21.2. The zero-order valence-electron chi connectivity index (χ0n) is 18.1. The Morgan fingerprint density at radius 2 is 1.91 bits per heavy atom. The van der Waals surface area contributed by atoms with E-state index in [1.165, 1.54) is 19.1 Å². The molecule has 0 saturated heterocycles. The third-order valence-electron chi connectivity index (χ3n) is 4.77. The average molecular weight is 537 g/mol. The van der Waals surface area contributed by atoms with Crippen molar-refractivity contribution in [1.82, 2.24) is 4.98 Å². The van der Waals surface area contributed by atoms with E-state index in [9.17, 15) is 32.6 Å². The van der Waals surface area contributed by atoms with E-state index >= 15 is 4.39 Å². The highest BCUT2D eigenvalue weighted by Crippen LogP contribution is 2.38. The molecule has 1 amide bonds. The molecule has 13 heteroatoms. The molecule has 1 aromatic heterocycles. The van der Waals surface area contributed by atoms with Crippen LogP contribution in [0, 0.1) is 11.6 Å². The summed E-state index contributed by atoms with van der Waals surface area (Å²) in [5.74, 6) is -3.81. The number of carbonyl (C=O) groups is 1. The number of halogens is 6. The monoisotopic (exact) mass is 536 g/mol. The van der Waals surface area contributed by atoms with E-state index in [0.717, 1.165) is 23.5 Å². The fourth-order valence-corrected chi connectivity index (χ4v) is 4.21. The van der Waals surface area contributed by atoms with Crippen LogP contribution in [-0.4, -0.2) is 33.4 Å². The summed E-state index contributed by atoms with van der Waals surface area (Å²) < 4.78 is 73.7. The smallest absolute Gasteiger partial charge is 0.425 e. The van der Waals surface area contributed by atoms with Crippen molar-refractivity contribution in [3.8, 4) is 16.3 Å². The predicted molar refractivity (Wildman–Crippen MR) is 120 cm³/mol. The van der Waals surface area contributed by atoms with Crippen molar-refractivity contribution in [3.05, 3.63) is 63.1 Å². The number of aromatic nitrogens is 1. The zero-order chi connectivity index (χ0) is 26.1. The molecular weight excluding hydrogens is 519 g/mol. The summed E-state index contributed by atoms with van der Waals surface area (Å²) in [6.45, 7) is 1.52. The first kappa shape index (κ1) is 26.8. The van der Waals surface area contributed by atoms with Crippen LogP contribution in [0.25, 0.3) is 10.6 Å². The lowest BCUT2D eigenvalue weighted by Gasteiger charge is -2.20. The van der Waals surface area contributed by atoms with Gasteiger partial charge in [0.2, 0.25) is 0 Å². The highest BCUT2D eigenvalue weighted by atomic mass is 35.5. The molecule has 3 aromatic rings. The van der Waals surface area contributed by atoms with Gasteiger partial charge in [0.25, 0.3) is 5.91 Å². The first-order valence-electron chi connectivity index (χ1n) is 9.94. The summed E-state index contributed by atoms with van der Waals surface area (Å²) in [4.78, 5) is 17.1. The molecule has 0 fully saturated rings. The van der Waals surface area contributed by atoms with E-state index in [4.69, 9.17) is 16.3 Å². The van der Waals surface area contributed by atoms with Crippen LogP contribution in [0.3, 0.4) is 0 Å². The number of thiazole rings is 1. The summed E-state index contributed by atoms with van der Waals surface area (Å²) in [6, 6.07) is 5.02. The van der Waals surface area contributed by atoms with Crippen molar-refractivity contribution in [2.45, 2.75) is 38.8 Å². The second kappa shape index (κ2) is 10.4. The Morgan fingerprint density at radius 3 is 2.46 bits per heavy atom. The molecule has 6 nitrogen and oxygen atoms in total. The maximum atomic E-state index is 15.1. The van der Waals surface area contributed by atoms with Gasteiger partial charge in [0.1, 0.15) is 22.4 Å². The molecule has 0 aliphatic heterocycles. The SMILES string of the molecule is CC(O)c1sc(-c2cc(OC(C)C(F)(F)F)c(C(=O)Nc3c(F)cccc3Cl)cc2F)nc1CO. The summed E-state index contributed by atoms with van der Waals surface area (Å²) in [6.07, 6.45) is -8.26. The molecule has 0 spiro atoms. The fourth-order valence-electron chi connectivity index (χ4n) is 2.97. The maximum Gasteiger partial charge on any atom is 0.425 e. The van der Waals surface area contributed by atoms with Crippen LogP contribution < -0.4 is 10.1 Å². The molecule has 2 aromatic carbocycles. The largest absolute Gasteiger partial charge is 0.480 e. The second-order valence-corrected chi connectivity index (χ2v) is 8.78. The van der Waals surface area contributed by atoms with E-state index < -0.39 is 59.5 Å². The van der Waals surface area contributed by atoms with Crippen molar-refractivity contribution < 1.29 is 41.7 Å². The van der Waals surface area contributed by atoms with Crippen molar-refractivity contribution in [2.75, 3.05) is 5.32 Å². The average Bonchev–Trinajstić information content (AvgIpc) is 3.21. The zero-order valence-corrected chi connectivity index (χ0v) is 19.7. The highest BCUT2D eigenvalue weighted by molar-refractivity contribution is 7.15. The first-order valence-corrected chi connectivity index (χ1v) is 11.1. The summed E-state index contributed by atoms with van der Waals surface area (Å²) in [7, 11) is 0. The molecule has 0 radical (unpaired) electrons. The van der Waals surface area contributed by atoms with Crippen molar-refractivity contribution >= 4 is 34.5 Å². The van der Waals surface area contributed by atoms with Gasteiger partial charge in [0.05, 0.1) is 39.6 Å². The number of aliphatic hydroxyl groups excluding tert-OH is 2. The third kappa shape index (κ3) is 5.89. The molecule has 3 rings (SSSR count). The van der Waals surface area contributed by atoms with Gasteiger partial charge in [-0.25, -0.2) is 13.8 Å². The first-order chi connectivity index (χ1) is 16.3. The number of anilines is 1. The van der Waals surface area contributed by atoms with Gasteiger partial charge >= 0.3 is 6.18 Å². The van der Waals surface area contributed by atoms with Gasteiger partial charge in [0, 0.05) is 5.56 Å². The van der Waals surface area contributed by atoms with Gasteiger partial charge < -0.3 is 20.3 Å². The summed E-state index contributed by atoms with van der Waals surface area (Å²) in [5.41, 5.74) is -1.38. The molecular formula is C22H18ClF5N2O4S. The Hall–Kier alpha value is -2.80. The number of aliphatic hydroxyl groups is 2. The molecule has 188 valence electrons. The molecule has 35 heavy (non-hydrogen) atoms. The Labute approximate surface area is 205 Å². The van der Waals surface area contributed by atoms with Crippen LogP contribution in [0.2, 0.25) is 5.02 Å². The number of amides is 1. The number of rotatable bonds is 7. The van der Waals surface area contributed by atoms with Gasteiger partial charge in [-0.1, -0.05) is 17.7 Å². The summed E-state index contributed by atoms with van der Waals surface area (Å²) >= 11 is 6.69. The van der Waals surface area contributed by atoms with Crippen molar-refractivity contribution in [3.63, 3.8) is 0 Å². The molecule has 0 aliphatic carbocycles. The number of hydrogen-bond donors (Lipinski definition) is 3.